The number of benzene rings is 2. The van der Waals surface area contributed by atoms with Gasteiger partial charge in [-0.25, -0.2) is 13.1 Å². The first-order valence-electron chi connectivity index (χ1n) is 8.31. The normalized spacial score (nSPS) is 10.8. The highest BCUT2D eigenvalue weighted by molar-refractivity contribution is 7.89. The van der Waals surface area contributed by atoms with Crippen molar-refractivity contribution in [2.75, 3.05) is 13.2 Å². The van der Waals surface area contributed by atoms with E-state index >= 15 is 0 Å². The third-order valence-corrected chi connectivity index (χ3v) is 5.01. The Morgan fingerprint density at radius 2 is 1.86 bits per heavy atom. The van der Waals surface area contributed by atoms with Crippen molar-refractivity contribution < 1.29 is 22.7 Å². The van der Waals surface area contributed by atoms with Crippen LogP contribution in [0.15, 0.2) is 66.1 Å². The van der Waals surface area contributed by atoms with Crippen LogP contribution in [0.1, 0.15) is 15.9 Å². The number of aryl methyl sites for hydroxylation is 1. The number of carbonyl (C=O) groups is 2. The molecule has 8 nitrogen and oxygen atoms in total. The summed E-state index contributed by atoms with van der Waals surface area (Å²) < 4.78 is 31.9. The Hall–Kier alpha value is -3.17. The van der Waals surface area contributed by atoms with E-state index in [9.17, 15) is 18.0 Å². The fraction of sp³-hybridized carbons (Fsp3) is 0.158. The summed E-state index contributed by atoms with van der Waals surface area (Å²) in [7, 11) is -3.76. The fourth-order valence-corrected chi connectivity index (χ4v) is 3.20. The Balaban J connectivity index is 1.92. The van der Waals surface area contributed by atoms with E-state index < -0.39 is 21.8 Å². The van der Waals surface area contributed by atoms with E-state index in [0.717, 1.165) is 5.56 Å². The summed E-state index contributed by atoms with van der Waals surface area (Å²) in [5.74, 6) is -0.660. The summed E-state index contributed by atoms with van der Waals surface area (Å²) in [6, 6.07) is 12.6. The maximum absolute atomic E-state index is 12.2. The average molecular weight is 403 g/mol. The Labute approximate surface area is 163 Å². The second-order valence-corrected chi connectivity index (χ2v) is 7.49. The Morgan fingerprint density at radius 1 is 1.11 bits per heavy atom. The number of amides is 2. The molecule has 0 aromatic heterocycles. The minimum absolute atomic E-state index is 0.0652. The van der Waals surface area contributed by atoms with Gasteiger partial charge < -0.3 is 4.74 Å². The molecule has 0 aliphatic heterocycles. The minimum Gasteiger partial charge on any atom is -0.483 e. The zero-order chi connectivity index (χ0) is 20.6. The minimum atomic E-state index is -3.76. The Morgan fingerprint density at radius 3 is 2.57 bits per heavy atom. The van der Waals surface area contributed by atoms with Gasteiger partial charge in [0, 0.05) is 12.1 Å². The van der Waals surface area contributed by atoms with Gasteiger partial charge in [-0.2, -0.15) is 0 Å². The highest BCUT2D eigenvalue weighted by atomic mass is 32.2. The van der Waals surface area contributed by atoms with Gasteiger partial charge in [0.2, 0.25) is 10.0 Å². The predicted octanol–water partition coefficient (Wildman–Crippen LogP) is 1.30. The van der Waals surface area contributed by atoms with Gasteiger partial charge in [-0.3, -0.25) is 20.4 Å². The van der Waals surface area contributed by atoms with E-state index in [1.165, 1.54) is 30.3 Å². The molecular formula is C19H21N3O5S. The average Bonchev–Trinajstić information content (AvgIpc) is 2.70. The van der Waals surface area contributed by atoms with Crippen LogP contribution in [-0.2, 0) is 14.8 Å². The van der Waals surface area contributed by atoms with Gasteiger partial charge in [-0.1, -0.05) is 30.3 Å². The molecule has 9 heteroatoms. The standard InChI is InChI=1S/C19H21N3O5S/c1-3-11-20-28(25,26)16-9-6-8-15(12-16)19(24)22-21-18(23)13-27-17-10-5-4-7-14(17)2/h3-10,12,20H,1,11,13H2,2H3,(H,21,23)(H,22,24). The number of hydrogen-bond donors (Lipinski definition) is 3. The van der Waals surface area contributed by atoms with Crippen LogP contribution >= 0.6 is 0 Å². The van der Waals surface area contributed by atoms with Crippen molar-refractivity contribution in [3.8, 4) is 5.75 Å². The molecule has 2 aromatic carbocycles. The zero-order valence-corrected chi connectivity index (χ0v) is 16.1. The highest BCUT2D eigenvalue weighted by Gasteiger charge is 2.16. The maximum atomic E-state index is 12.2. The summed E-state index contributed by atoms with van der Waals surface area (Å²) in [4.78, 5) is 23.9. The molecule has 0 aliphatic rings. The van der Waals surface area contributed by atoms with Crippen LogP contribution in [0.5, 0.6) is 5.75 Å². The van der Waals surface area contributed by atoms with Crippen LogP contribution in [0.3, 0.4) is 0 Å². The van der Waals surface area contributed by atoms with Gasteiger partial charge >= 0.3 is 0 Å². The molecule has 0 heterocycles. The molecular weight excluding hydrogens is 382 g/mol. The topological polar surface area (TPSA) is 114 Å². The maximum Gasteiger partial charge on any atom is 0.276 e. The Kier molecular flexibility index (Phi) is 7.30. The second kappa shape index (κ2) is 9.67. The van der Waals surface area contributed by atoms with Gasteiger partial charge in [-0.15, -0.1) is 6.58 Å². The molecule has 0 aliphatic carbocycles. The number of hydrogen-bond acceptors (Lipinski definition) is 5. The number of rotatable bonds is 8. The van der Waals surface area contributed by atoms with E-state index in [1.807, 2.05) is 19.1 Å². The van der Waals surface area contributed by atoms with E-state index in [0.29, 0.717) is 5.75 Å². The van der Waals surface area contributed by atoms with Crippen LogP contribution in [0.2, 0.25) is 0 Å². The lowest BCUT2D eigenvalue weighted by molar-refractivity contribution is -0.123. The summed E-state index contributed by atoms with van der Waals surface area (Å²) in [5.41, 5.74) is 5.39. The summed E-state index contributed by atoms with van der Waals surface area (Å²) >= 11 is 0. The third kappa shape index (κ3) is 5.93. The lowest BCUT2D eigenvalue weighted by Crippen LogP contribution is -2.43. The number of para-hydroxylation sites is 1. The van der Waals surface area contributed by atoms with Crippen molar-refractivity contribution in [1.82, 2.24) is 15.6 Å². The predicted molar refractivity (Wildman–Crippen MR) is 104 cm³/mol. The van der Waals surface area contributed by atoms with E-state index in [1.54, 1.807) is 12.1 Å². The lowest BCUT2D eigenvalue weighted by atomic mass is 10.2. The van der Waals surface area contributed by atoms with Gasteiger partial charge in [0.05, 0.1) is 4.90 Å². The summed E-state index contributed by atoms with van der Waals surface area (Å²) in [5, 5.41) is 0. The molecule has 0 radical (unpaired) electrons. The molecule has 0 spiro atoms. The van der Waals surface area contributed by atoms with Gasteiger partial charge in [0.25, 0.3) is 11.8 Å². The van der Waals surface area contributed by atoms with Crippen molar-refractivity contribution in [2.24, 2.45) is 0 Å². The number of sulfonamides is 1. The van der Waals surface area contributed by atoms with Gasteiger partial charge in [-0.05, 0) is 36.8 Å². The van der Waals surface area contributed by atoms with E-state index in [2.05, 4.69) is 22.2 Å². The molecule has 2 rings (SSSR count). The van der Waals surface area contributed by atoms with Crippen LogP contribution in [0.4, 0.5) is 0 Å². The second-order valence-electron chi connectivity index (χ2n) is 5.72. The molecule has 0 atom stereocenters. The summed E-state index contributed by atoms with van der Waals surface area (Å²) in [6.45, 7) is 5.07. The number of nitrogens with one attached hydrogen (secondary N) is 3. The third-order valence-electron chi connectivity index (χ3n) is 3.59. The summed E-state index contributed by atoms with van der Waals surface area (Å²) in [6.07, 6.45) is 1.41. The van der Waals surface area contributed by atoms with E-state index in [-0.39, 0.29) is 23.6 Å². The molecule has 0 fully saturated rings. The fourth-order valence-electron chi connectivity index (χ4n) is 2.15. The molecule has 2 aromatic rings. The van der Waals surface area contributed by atoms with E-state index in [4.69, 9.17) is 4.74 Å². The highest BCUT2D eigenvalue weighted by Crippen LogP contribution is 2.15. The number of hydrazine groups is 1. The molecule has 2 amide bonds. The van der Waals surface area contributed by atoms with Crippen molar-refractivity contribution in [1.29, 1.82) is 0 Å². The SMILES string of the molecule is C=CCNS(=O)(=O)c1cccc(C(=O)NNC(=O)COc2ccccc2C)c1. The van der Waals surface area contributed by atoms with Crippen LogP contribution in [0.25, 0.3) is 0 Å². The quantitative estimate of drug-likeness (QED) is 0.454. The van der Waals surface area contributed by atoms with Crippen molar-refractivity contribution in [3.63, 3.8) is 0 Å². The molecule has 148 valence electrons. The number of carbonyl (C=O) groups excluding carboxylic acids is 2. The van der Waals surface area contributed by atoms with Gasteiger partial charge in [0.1, 0.15) is 5.75 Å². The van der Waals surface area contributed by atoms with Crippen molar-refractivity contribution in [2.45, 2.75) is 11.8 Å². The zero-order valence-electron chi connectivity index (χ0n) is 15.3. The van der Waals surface area contributed by atoms with Crippen LogP contribution in [0, 0.1) is 6.92 Å². The molecule has 0 unspecified atom stereocenters. The van der Waals surface area contributed by atoms with Crippen LogP contribution < -0.4 is 20.3 Å². The number of ether oxygens (including phenoxy) is 1. The lowest BCUT2D eigenvalue weighted by Gasteiger charge is -2.11. The van der Waals surface area contributed by atoms with Crippen molar-refractivity contribution in [3.05, 3.63) is 72.3 Å². The molecule has 28 heavy (non-hydrogen) atoms. The Bertz CT molecular complexity index is 973. The first-order valence-corrected chi connectivity index (χ1v) is 9.80. The monoisotopic (exact) mass is 403 g/mol. The van der Waals surface area contributed by atoms with Crippen LogP contribution in [-0.4, -0.2) is 33.4 Å². The first-order chi connectivity index (χ1) is 13.3. The molecule has 0 saturated carbocycles. The first kappa shape index (κ1) is 21.1. The molecule has 0 bridgehead atoms. The van der Waals surface area contributed by atoms with Gasteiger partial charge in [0.15, 0.2) is 6.61 Å². The molecule has 0 saturated heterocycles. The smallest absolute Gasteiger partial charge is 0.276 e. The molecule has 3 N–H and O–H groups in total. The van der Waals surface area contributed by atoms with Crippen molar-refractivity contribution >= 4 is 21.8 Å². The largest absolute Gasteiger partial charge is 0.483 e.